The van der Waals surface area contributed by atoms with E-state index in [0.717, 1.165) is 12.1 Å². The maximum Gasteiger partial charge on any atom is 0.00696 e. The van der Waals surface area contributed by atoms with Crippen LogP contribution in [0.25, 0.3) is 0 Å². The molecule has 1 aliphatic rings. The number of rotatable bonds is 1. The number of hydrogen-bond acceptors (Lipinski definition) is 1. The first-order valence-corrected chi connectivity index (χ1v) is 4.97. The van der Waals surface area contributed by atoms with Gasteiger partial charge >= 0.3 is 0 Å². The highest BCUT2D eigenvalue weighted by Gasteiger charge is 2.18. The molecule has 0 N–H and O–H groups in total. The molecule has 11 heavy (non-hydrogen) atoms. The summed E-state index contributed by atoms with van der Waals surface area (Å²) in [7, 11) is 0. The molecule has 1 saturated heterocycles. The SMILES string of the molecule is CC(C)N1CCCCC[C@H]1C. The van der Waals surface area contributed by atoms with E-state index in [1.54, 1.807) is 0 Å². The van der Waals surface area contributed by atoms with Crippen LogP contribution < -0.4 is 0 Å². The summed E-state index contributed by atoms with van der Waals surface area (Å²) in [6, 6.07) is 1.56. The van der Waals surface area contributed by atoms with Crippen LogP contribution >= 0.6 is 0 Å². The van der Waals surface area contributed by atoms with Crippen molar-refractivity contribution in [2.24, 2.45) is 0 Å². The lowest BCUT2D eigenvalue weighted by atomic mass is 10.1. The molecule has 0 spiro atoms. The fourth-order valence-electron chi connectivity index (χ4n) is 2.06. The molecule has 0 bridgehead atoms. The molecule has 0 aliphatic carbocycles. The van der Waals surface area contributed by atoms with Gasteiger partial charge in [-0.1, -0.05) is 12.8 Å². The fraction of sp³-hybridized carbons (Fsp3) is 1.00. The van der Waals surface area contributed by atoms with Crippen LogP contribution in [0.4, 0.5) is 0 Å². The molecule has 1 heterocycles. The molecular formula is C10H21N. The summed E-state index contributed by atoms with van der Waals surface area (Å²) in [6.45, 7) is 8.30. The Morgan fingerprint density at radius 2 is 1.91 bits per heavy atom. The topological polar surface area (TPSA) is 3.24 Å². The van der Waals surface area contributed by atoms with Crippen LogP contribution in [0.3, 0.4) is 0 Å². The minimum atomic E-state index is 0.739. The average Bonchev–Trinajstić information content (AvgIpc) is 2.13. The summed E-state index contributed by atoms with van der Waals surface area (Å²) >= 11 is 0. The van der Waals surface area contributed by atoms with Crippen LogP contribution in [0, 0.1) is 0 Å². The number of hydrogen-bond donors (Lipinski definition) is 0. The van der Waals surface area contributed by atoms with Gasteiger partial charge in [0.1, 0.15) is 0 Å². The number of likely N-dealkylation sites (tertiary alicyclic amines) is 1. The summed E-state index contributed by atoms with van der Waals surface area (Å²) in [5.41, 5.74) is 0. The lowest BCUT2D eigenvalue weighted by molar-refractivity contribution is 0.168. The van der Waals surface area contributed by atoms with Gasteiger partial charge in [0, 0.05) is 12.1 Å². The first-order chi connectivity index (χ1) is 5.22. The smallest absolute Gasteiger partial charge is 0.00696 e. The fourth-order valence-corrected chi connectivity index (χ4v) is 2.06. The molecule has 0 aromatic carbocycles. The minimum absolute atomic E-state index is 0.739. The Kier molecular flexibility index (Phi) is 3.38. The maximum atomic E-state index is 2.63. The molecule has 0 radical (unpaired) electrons. The van der Waals surface area contributed by atoms with Crippen LogP contribution in [-0.2, 0) is 0 Å². The summed E-state index contributed by atoms with van der Waals surface area (Å²) in [6.07, 6.45) is 5.68. The van der Waals surface area contributed by atoms with Crippen molar-refractivity contribution in [2.75, 3.05) is 6.54 Å². The van der Waals surface area contributed by atoms with Crippen molar-refractivity contribution in [1.82, 2.24) is 4.90 Å². The predicted molar refractivity (Wildman–Crippen MR) is 49.8 cm³/mol. The van der Waals surface area contributed by atoms with E-state index in [9.17, 15) is 0 Å². The van der Waals surface area contributed by atoms with Crippen LogP contribution in [0.1, 0.15) is 46.5 Å². The number of nitrogens with zero attached hydrogens (tertiary/aromatic N) is 1. The average molecular weight is 155 g/mol. The molecule has 1 aliphatic heterocycles. The van der Waals surface area contributed by atoms with E-state index >= 15 is 0 Å². The molecule has 0 aromatic heterocycles. The minimum Gasteiger partial charge on any atom is -0.298 e. The first-order valence-electron chi connectivity index (χ1n) is 4.97. The Morgan fingerprint density at radius 1 is 1.18 bits per heavy atom. The van der Waals surface area contributed by atoms with Crippen LogP contribution in [0.15, 0.2) is 0 Å². The van der Waals surface area contributed by atoms with E-state index in [4.69, 9.17) is 0 Å². The highest BCUT2D eigenvalue weighted by Crippen LogP contribution is 2.18. The second-order valence-electron chi connectivity index (χ2n) is 4.03. The van der Waals surface area contributed by atoms with E-state index in [1.165, 1.54) is 32.2 Å². The highest BCUT2D eigenvalue weighted by atomic mass is 15.2. The van der Waals surface area contributed by atoms with Crippen molar-refractivity contribution >= 4 is 0 Å². The lowest BCUT2D eigenvalue weighted by Gasteiger charge is -2.30. The van der Waals surface area contributed by atoms with Crippen molar-refractivity contribution in [3.05, 3.63) is 0 Å². The van der Waals surface area contributed by atoms with Crippen LogP contribution in [-0.4, -0.2) is 23.5 Å². The van der Waals surface area contributed by atoms with Gasteiger partial charge in [-0.25, -0.2) is 0 Å². The van der Waals surface area contributed by atoms with Crippen molar-refractivity contribution in [1.29, 1.82) is 0 Å². The van der Waals surface area contributed by atoms with Crippen molar-refractivity contribution in [3.63, 3.8) is 0 Å². The Bertz CT molecular complexity index is 109. The van der Waals surface area contributed by atoms with Crippen LogP contribution in [0.5, 0.6) is 0 Å². The second-order valence-corrected chi connectivity index (χ2v) is 4.03. The maximum absolute atomic E-state index is 2.63. The van der Waals surface area contributed by atoms with Gasteiger partial charge in [0.25, 0.3) is 0 Å². The van der Waals surface area contributed by atoms with Gasteiger partial charge in [-0.15, -0.1) is 0 Å². The monoisotopic (exact) mass is 155 g/mol. The van der Waals surface area contributed by atoms with Gasteiger partial charge in [0.2, 0.25) is 0 Å². The lowest BCUT2D eigenvalue weighted by Crippen LogP contribution is -2.38. The molecule has 0 unspecified atom stereocenters. The zero-order valence-corrected chi connectivity index (χ0v) is 8.14. The van der Waals surface area contributed by atoms with Gasteiger partial charge in [0.05, 0.1) is 0 Å². The van der Waals surface area contributed by atoms with Gasteiger partial charge in [-0.05, 0) is 40.2 Å². The zero-order chi connectivity index (χ0) is 8.27. The van der Waals surface area contributed by atoms with Crippen molar-refractivity contribution in [3.8, 4) is 0 Å². The highest BCUT2D eigenvalue weighted by molar-refractivity contribution is 4.73. The third-order valence-corrected chi connectivity index (χ3v) is 2.77. The van der Waals surface area contributed by atoms with Crippen LogP contribution in [0.2, 0.25) is 0 Å². The first kappa shape index (κ1) is 9.05. The van der Waals surface area contributed by atoms with Crippen molar-refractivity contribution in [2.45, 2.75) is 58.5 Å². The Balaban J connectivity index is 2.45. The van der Waals surface area contributed by atoms with Gasteiger partial charge < -0.3 is 0 Å². The Morgan fingerprint density at radius 3 is 2.55 bits per heavy atom. The molecule has 1 nitrogen and oxygen atoms in total. The molecule has 0 aromatic rings. The molecule has 1 heteroatoms. The third-order valence-electron chi connectivity index (χ3n) is 2.77. The quantitative estimate of drug-likeness (QED) is 0.562. The zero-order valence-electron chi connectivity index (χ0n) is 8.14. The second kappa shape index (κ2) is 4.10. The molecule has 0 amide bonds. The summed E-state index contributed by atoms with van der Waals surface area (Å²) in [5.74, 6) is 0. The van der Waals surface area contributed by atoms with E-state index < -0.39 is 0 Å². The molecule has 66 valence electrons. The Hall–Kier alpha value is -0.0400. The molecular weight excluding hydrogens is 134 g/mol. The molecule has 1 fully saturated rings. The van der Waals surface area contributed by atoms with Gasteiger partial charge in [0.15, 0.2) is 0 Å². The van der Waals surface area contributed by atoms with Gasteiger partial charge in [-0.2, -0.15) is 0 Å². The van der Waals surface area contributed by atoms with E-state index in [-0.39, 0.29) is 0 Å². The summed E-state index contributed by atoms with van der Waals surface area (Å²) in [5, 5.41) is 0. The Labute approximate surface area is 70.8 Å². The third kappa shape index (κ3) is 2.48. The van der Waals surface area contributed by atoms with E-state index in [2.05, 4.69) is 25.7 Å². The molecule has 1 rings (SSSR count). The van der Waals surface area contributed by atoms with Gasteiger partial charge in [-0.3, -0.25) is 4.90 Å². The standard InChI is InChI=1S/C10H21N/c1-9(2)11-8-6-4-5-7-10(11)3/h9-10H,4-8H2,1-3H3/t10-/m1/s1. The summed E-state index contributed by atoms with van der Waals surface area (Å²) < 4.78 is 0. The summed E-state index contributed by atoms with van der Waals surface area (Å²) in [4.78, 5) is 2.63. The molecule has 0 saturated carbocycles. The molecule has 1 atom stereocenters. The largest absolute Gasteiger partial charge is 0.298 e. The van der Waals surface area contributed by atoms with Crippen molar-refractivity contribution < 1.29 is 0 Å². The van der Waals surface area contributed by atoms with E-state index in [1.807, 2.05) is 0 Å². The van der Waals surface area contributed by atoms with E-state index in [0.29, 0.717) is 0 Å². The normalized spacial score (nSPS) is 28.9. The predicted octanol–water partition coefficient (Wildman–Crippen LogP) is 2.66.